The number of thiazole rings is 1. The lowest BCUT2D eigenvalue weighted by atomic mass is 10.4. The molecule has 0 bridgehead atoms. The third-order valence-corrected chi connectivity index (χ3v) is 4.46. The summed E-state index contributed by atoms with van der Waals surface area (Å²) in [5.74, 6) is 2.49. The van der Waals surface area contributed by atoms with Gasteiger partial charge in [-0.1, -0.05) is 0 Å². The first-order valence-electron chi connectivity index (χ1n) is 7.31. The highest BCUT2D eigenvalue weighted by Gasteiger charge is 2.07. The average molecular weight is 321 g/mol. The summed E-state index contributed by atoms with van der Waals surface area (Å²) < 4.78 is 1.95. The number of hydrogen-bond acceptors (Lipinski definition) is 5. The Bertz CT molecular complexity index is 637. The van der Waals surface area contributed by atoms with Crippen molar-refractivity contribution in [1.29, 1.82) is 0 Å². The Morgan fingerprint density at radius 2 is 2.00 bits per heavy atom. The Morgan fingerprint density at radius 3 is 2.55 bits per heavy atom. The fraction of sp³-hybridized carbons (Fsp3) is 0.571. The highest BCUT2D eigenvalue weighted by Crippen LogP contribution is 2.15. The van der Waals surface area contributed by atoms with E-state index in [1.807, 2.05) is 32.4 Å². The minimum Gasteiger partial charge on any atom is -0.357 e. The molecule has 0 radical (unpaired) electrons. The second kappa shape index (κ2) is 7.35. The van der Waals surface area contributed by atoms with Crippen molar-refractivity contribution in [1.82, 2.24) is 30.4 Å². The predicted octanol–water partition coefficient (Wildman–Crippen LogP) is 1.45. The van der Waals surface area contributed by atoms with Crippen molar-refractivity contribution in [3.63, 3.8) is 0 Å². The van der Waals surface area contributed by atoms with Crippen LogP contribution in [0.2, 0.25) is 0 Å². The van der Waals surface area contributed by atoms with Gasteiger partial charge in [-0.25, -0.2) is 9.98 Å². The van der Waals surface area contributed by atoms with Crippen molar-refractivity contribution in [2.24, 2.45) is 12.0 Å². The van der Waals surface area contributed by atoms with Gasteiger partial charge in [-0.2, -0.15) is 0 Å². The van der Waals surface area contributed by atoms with Crippen LogP contribution in [0.1, 0.15) is 34.2 Å². The third kappa shape index (κ3) is 4.03. The zero-order valence-corrected chi connectivity index (χ0v) is 14.6. The van der Waals surface area contributed by atoms with Gasteiger partial charge in [-0.3, -0.25) is 0 Å². The monoisotopic (exact) mass is 321 g/mol. The average Bonchev–Trinajstić information content (AvgIpc) is 2.98. The summed E-state index contributed by atoms with van der Waals surface area (Å²) >= 11 is 1.71. The lowest BCUT2D eigenvalue weighted by molar-refractivity contribution is 0.755. The smallest absolute Gasteiger partial charge is 0.192 e. The molecular formula is C14H23N7S. The van der Waals surface area contributed by atoms with E-state index in [4.69, 9.17) is 0 Å². The number of aryl methyl sites for hydroxylation is 3. The minimum absolute atomic E-state index is 0.489. The van der Waals surface area contributed by atoms with E-state index >= 15 is 0 Å². The van der Waals surface area contributed by atoms with Crippen LogP contribution in [-0.4, -0.2) is 32.3 Å². The summed E-state index contributed by atoms with van der Waals surface area (Å²) in [4.78, 5) is 10.3. The van der Waals surface area contributed by atoms with Crippen LogP contribution in [0.4, 0.5) is 0 Å². The molecule has 2 aromatic rings. The van der Waals surface area contributed by atoms with Crippen LogP contribution in [0.25, 0.3) is 0 Å². The lowest BCUT2D eigenvalue weighted by Gasteiger charge is -2.09. The van der Waals surface area contributed by atoms with E-state index in [-0.39, 0.29) is 0 Å². The van der Waals surface area contributed by atoms with E-state index in [2.05, 4.69) is 37.7 Å². The van der Waals surface area contributed by atoms with Crippen LogP contribution in [-0.2, 0) is 20.1 Å². The molecule has 0 amide bonds. The molecular weight excluding hydrogens is 298 g/mol. The maximum Gasteiger partial charge on any atom is 0.192 e. The van der Waals surface area contributed by atoms with E-state index in [9.17, 15) is 0 Å². The number of nitrogens with one attached hydrogen (secondary N) is 2. The van der Waals surface area contributed by atoms with Crippen LogP contribution in [0, 0.1) is 20.8 Å². The van der Waals surface area contributed by atoms with Crippen LogP contribution in [0.5, 0.6) is 0 Å². The molecule has 2 aromatic heterocycles. The van der Waals surface area contributed by atoms with Crippen molar-refractivity contribution in [2.75, 3.05) is 6.54 Å². The van der Waals surface area contributed by atoms with Gasteiger partial charge < -0.3 is 15.2 Å². The molecule has 0 fully saturated rings. The zero-order chi connectivity index (χ0) is 16.1. The lowest BCUT2D eigenvalue weighted by Crippen LogP contribution is -2.36. The number of guanidine groups is 1. The van der Waals surface area contributed by atoms with E-state index in [0.29, 0.717) is 13.1 Å². The second-order valence-electron chi connectivity index (χ2n) is 5.02. The van der Waals surface area contributed by atoms with Gasteiger partial charge in [0, 0.05) is 18.5 Å². The number of nitrogens with zero attached hydrogens (tertiary/aromatic N) is 5. The molecule has 2 rings (SSSR count). The Morgan fingerprint density at radius 1 is 1.23 bits per heavy atom. The van der Waals surface area contributed by atoms with E-state index < -0.39 is 0 Å². The fourth-order valence-corrected chi connectivity index (χ4v) is 2.73. The SMILES string of the molecule is CCNC(=NCc1nnc(C)n1C)NCc1nc(C)c(C)s1. The highest BCUT2D eigenvalue weighted by atomic mass is 32.1. The van der Waals surface area contributed by atoms with Crippen molar-refractivity contribution < 1.29 is 0 Å². The summed E-state index contributed by atoms with van der Waals surface area (Å²) in [6.45, 7) is 10.1. The van der Waals surface area contributed by atoms with Gasteiger partial charge in [0.1, 0.15) is 17.4 Å². The number of aromatic nitrogens is 4. The molecule has 0 aromatic carbocycles. The molecule has 0 saturated heterocycles. The molecule has 0 spiro atoms. The molecule has 0 saturated carbocycles. The van der Waals surface area contributed by atoms with Crippen LogP contribution >= 0.6 is 11.3 Å². The molecule has 120 valence electrons. The van der Waals surface area contributed by atoms with Gasteiger partial charge in [-0.15, -0.1) is 21.5 Å². The Balaban J connectivity index is 1.99. The number of rotatable bonds is 5. The fourth-order valence-electron chi connectivity index (χ4n) is 1.85. The number of aliphatic imine (C=N–C) groups is 1. The Kier molecular flexibility index (Phi) is 5.48. The quantitative estimate of drug-likeness (QED) is 0.644. The molecule has 0 atom stereocenters. The Hall–Kier alpha value is -1.96. The van der Waals surface area contributed by atoms with Gasteiger partial charge in [0.25, 0.3) is 0 Å². The van der Waals surface area contributed by atoms with Gasteiger partial charge >= 0.3 is 0 Å². The van der Waals surface area contributed by atoms with Gasteiger partial charge in [0.05, 0.1) is 12.2 Å². The highest BCUT2D eigenvalue weighted by molar-refractivity contribution is 7.11. The van der Waals surface area contributed by atoms with Gasteiger partial charge in [0.15, 0.2) is 11.8 Å². The molecule has 2 heterocycles. The molecule has 0 aliphatic rings. The summed E-state index contributed by atoms with van der Waals surface area (Å²) in [5.41, 5.74) is 1.10. The van der Waals surface area contributed by atoms with Crippen LogP contribution in [0.15, 0.2) is 4.99 Å². The summed E-state index contributed by atoms with van der Waals surface area (Å²) in [7, 11) is 1.95. The first kappa shape index (κ1) is 16.4. The van der Waals surface area contributed by atoms with E-state index in [0.717, 1.165) is 34.9 Å². The van der Waals surface area contributed by atoms with Crippen molar-refractivity contribution >= 4 is 17.3 Å². The Labute approximate surface area is 134 Å². The summed E-state index contributed by atoms with van der Waals surface area (Å²) in [6, 6.07) is 0. The van der Waals surface area contributed by atoms with Crippen LogP contribution in [0.3, 0.4) is 0 Å². The first-order valence-corrected chi connectivity index (χ1v) is 8.12. The maximum absolute atomic E-state index is 4.55. The molecule has 0 aliphatic carbocycles. The second-order valence-corrected chi connectivity index (χ2v) is 6.31. The van der Waals surface area contributed by atoms with E-state index in [1.165, 1.54) is 4.88 Å². The third-order valence-electron chi connectivity index (χ3n) is 3.39. The largest absolute Gasteiger partial charge is 0.357 e. The van der Waals surface area contributed by atoms with Gasteiger partial charge in [-0.05, 0) is 27.7 Å². The van der Waals surface area contributed by atoms with Crippen molar-refractivity contribution in [3.8, 4) is 0 Å². The topological polar surface area (TPSA) is 80.0 Å². The van der Waals surface area contributed by atoms with E-state index in [1.54, 1.807) is 11.3 Å². The molecule has 2 N–H and O–H groups in total. The predicted molar refractivity (Wildman–Crippen MR) is 89.0 cm³/mol. The minimum atomic E-state index is 0.489. The normalized spacial score (nSPS) is 11.8. The summed E-state index contributed by atoms with van der Waals surface area (Å²) in [6.07, 6.45) is 0. The van der Waals surface area contributed by atoms with Crippen molar-refractivity contribution in [2.45, 2.75) is 40.8 Å². The maximum atomic E-state index is 4.55. The molecule has 22 heavy (non-hydrogen) atoms. The van der Waals surface area contributed by atoms with Crippen LogP contribution < -0.4 is 10.6 Å². The molecule has 0 aliphatic heterocycles. The molecule has 8 heteroatoms. The summed E-state index contributed by atoms with van der Waals surface area (Å²) in [5, 5.41) is 15.8. The zero-order valence-electron chi connectivity index (χ0n) is 13.8. The molecule has 7 nitrogen and oxygen atoms in total. The van der Waals surface area contributed by atoms with Crippen molar-refractivity contribution in [3.05, 3.63) is 27.2 Å². The van der Waals surface area contributed by atoms with Gasteiger partial charge in [0.2, 0.25) is 0 Å². The number of hydrogen-bond donors (Lipinski definition) is 2. The molecule has 0 unspecified atom stereocenters. The standard InChI is InChI=1S/C14H23N7S/c1-6-15-14(16-7-12-20-19-11(4)21(12)5)17-8-13-18-9(2)10(3)22-13/h6-8H2,1-5H3,(H2,15,16,17). The first-order chi connectivity index (χ1) is 10.5.